The lowest BCUT2D eigenvalue weighted by Gasteiger charge is -2.34. The fourth-order valence-electron chi connectivity index (χ4n) is 3.18. The van der Waals surface area contributed by atoms with Crippen LogP contribution in [0.15, 0.2) is 47.4 Å². The zero-order valence-corrected chi connectivity index (χ0v) is 16.6. The molecule has 1 fully saturated rings. The predicted molar refractivity (Wildman–Crippen MR) is 103 cm³/mol. The quantitative estimate of drug-likeness (QED) is 0.781. The molecule has 1 heterocycles. The van der Waals surface area contributed by atoms with Gasteiger partial charge < -0.3 is 4.74 Å². The van der Waals surface area contributed by atoms with E-state index in [0.717, 1.165) is 22.7 Å². The first-order valence-electron chi connectivity index (χ1n) is 8.52. The van der Waals surface area contributed by atoms with Crippen LogP contribution in [0.5, 0.6) is 5.75 Å². The number of hydrogen-bond donors (Lipinski definition) is 0. The molecule has 5 nitrogen and oxygen atoms in total. The average Bonchev–Trinajstić information content (AvgIpc) is 2.62. The highest BCUT2D eigenvalue weighted by Crippen LogP contribution is 2.24. The minimum Gasteiger partial charge on any atom is -0.496 e. The zero-order valence-electron chi connectivity index (χ0n) is 15.0. The summed E-state index contributed by atoms with van der Waals surface area (Å²) in [6.07, 6.45) is 0. The molecule has 7 heteroatoms. The Labute approximate surface area is 160 Å². The van der Waals surface area contributed by atoms with Gasteiger partial charge in [0.2, 0.25) is 10.0 Å². The summed E-state index contributed by atoms with van der Waals surface area (Å²) in [5.74, 6) is 0.690. The van der Waals surface area contributed by atoms with Crippen molar-refractivity contribution in [2.24, 2.45) is 0 Å². The van der Waals surface area contributed by atoms with E-state index in [1.54, 1.807) is 29.6 Å². The van der Waals surface area contributed by atoms with Gasteiger partial charge in [-0.05, 0) is 48.4 Å². The first-order valence-corrected chi connectivity index (χ1v) is 10.3. The Kier molecular flexibility index (Phi) is 5.87. The first kappa shape index (κ1) is 19.2. The first-order chi connectivity index (χ1) is 12.4. The molecule has 3 rings (SSSR count). The van der Waals surface area contributed by atoms with Crippen LogP contribution < -0.4 is 4.74 Å². The van der Waals surface area contributed by atoms with Gasteiger partial charge in [-0.2, -0.15) is 4.31 Å². The number of hydrogen-bond acceptors (Lipinski definition) is 4. The van der Waals surface area contributed by atoms with Gasteiger partial charge in [0, 0.05) is 37.7 Å². The summed E-state index contributed by atoms with van der Waals surface area (Å²) in [4.78, 5) is 2.57. The summed E-state index contributed by atoms with van der Waals surface area (Å²) in [5.41, 5.74) is 1.95. The summed E-state index contributed by atoms with van der Waals surface area (Å²) >= 11 is 6.03. The van der Waals surface area contributed by atoms with Crippen molar-refractivity contribution in [3.63, 3.8) is 0 Å². The van der Waals surface area contributed by atoms with Crippen molar-refractivity contribution in [3.05, 3.63) is 58.6 Å². The minimum atomic E-state index is -3.48. The second kappa shape index (κ2) is 7.96. The third kappa shape index (κ3) is 4.20. The normalized spacial score (nSPS) is 16.6. The average molecular weight is 395 g/mol. The number of piperazine rings is 1. The third-order valence-corrected chi connectivity index (χ3v) is 6.76. The summed E-state index contributed by atoms with van der Waals surface area (Å²) in [5, 5.41) is 0.721. The third-order valence-electron chi connectivity index (χ3n) is 4.63. The maximum absolute atomic E-state index is 12.9. The van der Waals surface area contributed by atoms with Crippen molar-refractivity contribution in [3.8, 4) is 5.75 Å². The van der Waals surface area contributed by atoms with Gasteiger partial charge in [-0.3, -0.25) is 4.90 Å². The number of rotatable bonds is 5. The van der Waals surface area contributed by atoms with Crippen LogP contribution in [0.2, 0.25) is 5.02 Å². The van der Waals surface area contributed by atoms with E-state index in [-0.39, 0.29) is 0 Å². The molecular weight excluding hydrogens is 372 g/mol. The topological polar surface area (TPSA) is 49.9 Å². The molecule has 0 aliphatic carbocycles. The molecule has 140 valence electrons. The maximum Gasteiger partial charge on any atom is 0.243 e. The maximum atomic E-state index is 12.9. The molecule has 2 aromatic carbocycles. The van der Waals surface area contributed by atoms with Crippen LogP contribution in [0.25, 0.3) is 0 Å². The molecule has 0 aromatic heterocycles. The SMILES string of the molecule is COc1ccc(S(=O)(=O)N2CCN(Cc3cccc(Cl)c3)CC2)cc1C. The molecule has 26 heavy (non-hydrogen) atoms. The second-order valence-corrected chi connectivity index (χ2v) is 8.82. The molecule has 0 atom stereocenters. The Bertz CT molecular complexity index is 878. The molecule has 0 bridgehead atoms. The van der Waals surface area contributed by atoms with Crippen molar-refractivity contribution in [1.29, 1.82) is 0 Å². The van der Waals surface area contributed by atoms with E-state index in [0.29, 0.717) is 36.8 Å². The van der Waals surface area contributed by atoms with Crippen molar-refractivity contribution in [1.82, 2.24) is 9.21 Å². The molecule has 1 saturated heterocycles. The van der Waals surface area contributed by atoms with Gasteiger partial charge in [-0.25, -0.2) is 8.42 Å². The lowest BCUT2D eigenvalue weighted by atomic mass is 10.2. The van der Waals surface area contributed by atoms with Crippen molar-refractivity contribution in [2.75, 3.05) is 33.3 Å². The van der Waals surface area contributed by atoms with Crippen LogP contribution >= 0.6 is 11.6 Å². The van der Waals surface area contributed by atoms with E-state index in [1.165, 1.54) is 0 Å². The molecule has 0 amide bonds. The summed E-state index contributed by atoms with van der Waals surface area (Å²) in [6.45, 7) is 4.97. The van der Waals surface area contributed by atoms with Crippen molar-refractivity contribution >= 4 is 21.6 Å². The number of benzene rings is 2. The highest BCUT2D eigenvalue weighted by molar-refractivity contribution is 7.89. The Balaban J connectivity index is 1.66. The highest BCUT2D eigenvalue weighted by atomic mass is 35.5. The predicted octanol–water partition coefficient (Wildman–Crippen LogP) is 3.16. The Hall–Kier alpha value is -1.60. The molecular formula is C19H23ClN2O3S. The van der Waals surface area contributed by atoms with Gasteiger partial charge in [0.25, 0.3) is 0 Å². The van der Waals surface area contributed by atoms with Crippen LogP contribution in [0.1, 0.15) is 11.1 Å². The van der Waals surface area contributed by atoms with Gasteiger partial charge in [0.15, 0.2) is 0 Å². The molecule has 0 saturated carbocycles. The van der Waals surface area contributed by atoms with E-state index in [9.17, 15) is 8.42 Å². The van der Waals surface area contributed by atoms with Gasteiger partial charge in [-0.15, -0.1) is 0 Å². The monoisotopic (exact) mass is 394 g/mol. The van der Waals surface area contributed by atoms with Crippen LogP contribution in [0.3, 0.4) is 0 Å². The minimum absolute atomic E-state index is 0.319. The van der Waals surface area contributed by atoms with E-state index < -0.39 is 10.0 Å². The van der Waals surface area contributed by atoms with E-state index in [4.69, 9.17) is 16.3 Å². The number of sulfonamides is 1. The fourth-order valence-corrected chi connectivity index (χ4v) is 4.90. The summed E-state index contributed by atoms with van der Waals surface area (Å²) in [7, 11) is -1.90. The standard InChI is InChI=1S/C19H23ClN2O3S/c1-15-12-18(6-7-19(15)25-2)26(23,24)22-10-8-21(9-11-22)14-16-4-3-5-17(20)13-16/h3-7,12-13H,8-11,14H2,1-2H3. The number of halogens is 1. The molecule has 2 aromatic rings. The van der Waals surface area contributed by atoms with Crippen LogP contribution in [0.4, 0.5) is 0 Å². The Morgan fingerprint density at radius 1 is 1.08 bits per heavy atom. The van der Waals surface area contributed by atoms with Gasteiger partial charge in [-0.1, -0.05) is 23.7 Å². The van der Waals surface area contributed by atoms with Gasteiger partial charge >= 0.3 is 0 Å². The Morgan fingerprint density at radius 2 is 1.81 bits per heavy atom. The fraction of sp³-hybridized carbons (Fsp3) is 0.368. The van der Waals surface area contributed by atoms with E-state index in [2.05, 4.69) is 4.90 Å². The number of nitrogens with zero attached hydrogens (tertiary/aromatic N) is 2. The van der Waals surface area contributed by atoms with Crippen LogP contribution in [0, 0.1) is 6.92 Å². The molecule has 0 N–H and O–H groups in total. The molecule has 0 unspecified atom stereocenters. The van der Waals surface area contributed by atoms with Crippen molar-refractivity contribution in [2.45, 2.75) is 18.4 Å². The lowest BCUT2D eigenvalue weighted by Crippen LogP contribution is -2.48. The summed E-state index contributed by atoms with van der Waals surface area (Å²) in [6, 6.07) is 12.8. The second-order valence-electron chi connectivity index (χ2n) is 6.44. The number of ether oxygens (including phenoxy) is 1. The van der Waals surface area contributed by atoms with Crippen LogP contribution in [-0.4, -0.2) is 50.9 Å². The molecule has 0 spiro atoms. The smallest absolute Gasteiger partial charge is 0.243 e. The molecule has 1 aliphatic heterocycles. The number of methoxy groups -OCH3 is 1. The number of aryl methyl sites for hydroxylation is 1. The van der Waals surface area contributed by atoms with E-state index in [1.807, 2.05) is 31.2 Å². The van der Waals surface area contributed by atoms with Crippen LogP contribution in [-0.2, 0) is 16.6 Å². The van der Waals surface area contributed by atoms with E-state index >= 15 is 0 Å². The Morgan fingerprint density at radius 3 is 2.42 bits per heavy atom. The molecule has 1 aliphatic rings. The summed E-state index contributed by atoms with van der Waals surface area (Å²) < 4.78 is 32.6. The lowest BCUT2D eigenvalue weighted by molar-refractivity contribution is 0.181. The largest absolute Gasteiger partial charge is 0.496 e. The van der Waals surface area contributed by atoms with Gasteiger partial charge in [0.05, 0.1) is 12.0 Å². The molecule has 0 radical (unpaired) electrons. The van der Waals surface area contributed by atoms with Crippen molar-refractivity contribution < 1.29 is 13.2 Å². The highest BCUT2D eigenvalue weighted by Gasteiger charge is 2.28. The van der Waals surface area contributed by atoms with Gasteiger partial charge in [0.1, 0.15) is 5.75 Å². The zero-order chi connectivity index (χ0) is 18.7.